The summed E-state index contributed by atoms with van der Waals surface area (Å²) in [6, 6.07) is 13.4. The highest BCUT2D eigenvalue weighted by Gasteiger charge is 2.19. The lowest BCUT2D eigenvalue weighted by molar-refractivity contribution is 0.0657. The van der Waals surface area contributed by atoms with Crippen LogP contribution in [0.2, 0.25) is 0 Å². The van der Waals surface area contributed by atoms with E-state index < -0.39 is 15.1 Å². The summed E-state index contributed by atoms with van der Waals surface area (Å²) in [6.45, 7) is 7.67. The lowest BCUT2D eigenvalue weighted by Crippen LogP contribution is -2.15. The highest BCUT2D eigenvalue weighted by Crippen LogP contribution is 2.18. The lowest BCUT2D eigenvalue weighted by Gasteiger charge is -2.11. The number of benzene rings is 2. The summed E-state index contributed by atoms with van der Waals surface area (Å²) < 4.78 is 29.8. The molecule has 0 atom stereocenters. The second kappa shape index (κ2) is 8.47. The van der Waals surface area contributed by atoms with Gasteiger partial charge in [0.15, 0.2) is 9.84 Å². The topological polar surface area (TPSA) is 72.5 Å². The van der Waals surface area contributed by atoms with Gasteiger partial charge in [0.05, 0.1) is 22.9 Å². The van der Waals surface area contributed by atoms with E-state index in [1.807, 2.05) is 32.0 Å². The molecular weight excluding hydrogens is 350 g/mol. The molecule has 0 aromatic heterocycles. The molecule has 0 aliphatic heterocycles. The molecule has 0 saturated carbocycles. The molecule has 2 rings (SSSR count). The van der Waals surface area contributed by atoms with Crippen LogP contribution in [0, 0.1) is 0 Å². The summed E-state index contributed by atoms with van der Waals surface area (Å²) in [7, 11) is -3.34. The number of ether oxygens (including phenoxy) is 1. The van der Waals surface area contributed by atoms with Crippen molar-refractivity contribution in [2.75, 3.05) is 5.32 Å². The molecule has 2 aromatic rings. The van der Waals surface area contributed by atoms with Gasteiger partial charge < -0.3 is 10.1 Å². The Hall–Kier alpha value is -2.18. The summed E-state index contributed by atoms with van der Waals surface area (Å²) in [5, 5.41) is 2.32. The van der Waals surface area contributed by atoms with Crippen LogP contribution in [-0.2, 0) is 21.2 Å². The van der Waals surface area contributed by atoms with Crippen LogP contribution >= 0.6 is 0 Å². The van der Waals surface area contributed by atoms with Crippen molar-refractivity contribution in [2.45, 2.75) is 50.6 Å². The average molecular weight is 375 g/mol. The fourth-order valence-electron chi connectivity index (χ4n) is 2.27. The third-order valence-corrected chi connectivity index (χ3v) is 6.00. The summed E-state index contributed by atoms with van der Waals surface area (Å²) in [4.78, 5) is 12.6. The number of amides is 1. The molecule has 140 valence electrons. The number of anilines is 1. The third kappa shape index (κ3) is 5.16. The summed E-state index contributed by atoms with van der Waals surface area (Å²) in [5.41, 5.74) is 2.03. The van der Waals surface area contributed by atoms with Crippen LogP contribution in [0.15, 0.2) is 53.4 Å². The first-order valence-electron chi connectivity index (χ1n) is 8.56. The maximum Gasteiger partial charge on any atom is 0.255 e. The highest BCUT2D eigenvalue weighted by molar-refractivity contribution is 7.92. The quantitative estimate of drug-likeness (QED) is 0.792. The smallest absolute Gasteiger partial charge is 0.255 e. The van der Waals surface area contributed by atoms with Gasteiger partial charge in [-0.3, -0.25) is 4.79 Å². The van der Waals surface area contributed by atoms with Crippen molar-refractivity contribution in [1.29, 1.82) is 0 Å². The van der Waals surface area contributed by atoms with E-state index >= 15 is 0 Å². The number of nitrogens with one attached hydrogen (secondary N) is 1. The molecule has 0 spiro atoms. The standard InChI is InChI=1S/C20H25NO4S/c1-14(2)25-13-16-6-5-7-18(12-16)21-20(22)17-8-10-19(11-9-17)26(23,24)15(3)4/h5-12,14-15H,13H2,1-4H3,(H,21,22). The molecule has 5 nitrogen and oxygen atoms in total. The van der Waals surface area contributed by atoms with Crippen LogP contribution in [0.5, 0.6) is 0 Å². The van der Waals surface area contributed by atoms with Crippen LogP contribution in [0.1, 0.15) is 43.6 Å². The van der Waals surface area contributed by atoms with Gasteiger partial charge in [-0.25, -0.2) is 8.42 Å². The van der Waals surface area contributed by atoms with Crippen molar-refractivity contribution in [2.24, 2.45) is 0 Å². The molecule has 0 heterocycles. The Morgan fingerprint density at radius 1 is 1.04 bits per heavy atom. The zero-order valence-corrected chi connectivity index (χ0v) is 16.3. The Labute approximate surface area is 155 Å². The molecule has 0 radical (unpaired) electrons. The molecule has 0 unspecified atom stereocenters. The zero-order valence-electron chi connectivity index (χ0n) is 15.5. The van der Waals surface area contributed by atoms with Gasteiger partial charge in [-0.1, -0.05) is 12.1 Å². The van der Waals surface area contributed by atoms with E-state index in [0.29, 0.717) is 17.9 Å². The van der Waals surface area contributed by atoms with E-state index in [1.165, 1.54) is 24.3 Å². The van der Waals surface area contributed by atoms with E-state index in [4.69, 9.17) is 4.74 Å². The van der Waals surface area contributed by atoms with Crippen molar-refractivity contribution >= 4 is 21.4 Å². The van der Waals surface area contributed by atoms with Gasteiger partial charge in [0.25, 0.3) is 5.91 Å². The Morgan fingerprint density at radius 3 is 2.27 bits per heavy atom. The first kappa shape index (κ1) is 20.1. The minimum Gasteiger partial charge on any atom is -0.374 e. The molecule has 6 heteroatoms. The first-order valence-corrected chi connectivity index (χ1v) is 10.1. The maximum atomic E-state index is 12.4. The number of rotatable bonds is 7. The van der Waals surface area contributed by atoms with E-state index in [-0.39, 0.29) is 16.9 Å². The molecule has 1 amide bonds. The minimum absolute atomic E-state index is 0.133. The molecule has 0 bridgehead atoms. The zero-order chi connectivity index (χ0) is 19.3. The minimum atomic E-state index is -3.34. The Morgan fingerprint density at radius 2 is 1.69 bits per heavy atom. The molecule has 0 fully saturated rings. The fraction of sp³-hybridized carbons (Fsp3) is 0.350. The second-order valence-electron chi connectivity index (χ2n) is 6.63. The van der Waals surface area contributed by atoms with Gasteiger partial charge in [-0.15, -0.1) is 0 Å². The van der Waals surface area contributed by atoms with Gasteiger partial charge >= 0.3 is 0 Å². The summed E-state index contributed by atoms with van der Waals surface area (Å²) in [6.07, 6.45) is 0.133. The normalized spacial score (nSPS) is 11.8. The molecule has 1 N–H and O–H groups in total. The number of carbonyl (C=O) groups is 1. The Bertz CT molecular complexity index is 856. The van der Waals surface area contributed by atoms with Crippen molar-refractivity contribution in [3.05, 3.63) is 59.7 Å². The predicted octanol–water partition coefficient (Wildman–Crippen LogP) is 4.05. The largest absolute Gasteiger partial charge is 0.374 e. The van der Waals surface area contributed by atoms with Crippen molar-refractivity contribution in [1.82, 2.24) is 0 Å². The molecular formula is C20H25NO4S. The lowest BCUT2D eigenvalue weighted by atomic mass is 10.2. The van der Waals surface area contributed by atoms with Crippen LogP contribution in [-0.4, -0.2) is 25.7 Å². The van der Waals surface area contributed by atoms with Crippen molar-refractivity contribution in [3.63, 3.8) is 0 Å². The van der Waals surface area contributed by atoms with Crippen LogP contribution in [0.25, 0.3) is 0 Å². The molecule has 2 aromatic carbocycles. The van der Waals surface area contributed by atoms with Crippen molar-refractivity contribution in [3.8, 4) is 0 Å². The SMILES string of the molecule is CC(C)OCc1cccc(NC(=O)c2ccc(S(=O)(=O)C(C)C)cc2)c1. The van der Waals surface area contributed by atoms with Crippen LogP contribution in [0.3, 0.4) is 0 Å². The van der Waals surface area contributed by atoms with Gasteiger partial charge in [-0.05, 0) is 69.7 Å². The molecule has 26 heavy (non-hydrogen) atoms. The number of sulfone groups is 1. The van der Waals surface area contributed by atoms with Gasteiger partial charge in [0, 0.05) is 11.3 Å². The van der Waals surface area contributed by atoms with Crippen molar-refractivity contribution < 1.29 is 17.9 Å². The molecule has 0 saturated heterocycles. The van der Waals surface area contributed by atoms with E-state index in [2.05, 4.69) is 5.32 Å². The number of hydrogen-bond donors (Lipinski definition) is 1. The second-order valence-corrected chi connectivity index (χ2v) is 9.14. The van der Waals surface area contributed by atoms with Crippen LogP contribution < -0.4 is 5.32 Å². The predicted molar refractivity (Wildman–Crippen MR) is 103 cm³/mol. The van der Waals surface area contributed by atoms with Crippen LogP contribution in [0.4, 0.5) is 5.69 Å². The Balaban J connectivity index is 2.09. The highest BCUT2D eigenvalue weighted by atomic mass is 32.2. The van der Waals surface area contributed by atoms with Gasteiger partial charge in [-0.2, -0.15) is 0 Å². The molecule has 0 aliphatic rings. The van der Waals surface area contributed by atoms with E-state index in [1.54, 1.807) is 19.9 Å². The van der Waals surface area contributed by atoms with Gasteiger partial charge in [0.2, 0.25) is 0 Å². The summed E-state index contributed by atoms with van der Waals surface area (Å²) in [5.74, 6) is -0.291. The maximum absolute atomic E-state index is 12.4. The van der Waals surface area contributed by atoms with Gasteiger partial charge in [0.1, 0.15) is 0 Å². The average Bonchev–Trinajstić information content (AvgIpc) is 2.60. The summed E-state index contributed by atoms with van der Waals surface area (Å²) >= 11 is 0. The number of carbonyl (C=O) groups excluding carboxylic acids is 1. The fourth-order valence-corrected chi connectivity index (χ4v) is 3.33. The Kier molecular flexibility index (Phi) is 6.56. The van der Waals surface area contributed by atoms with E-state index in [0.717, 1.165) is 5.56 Å². The molecule has 0 aliphatic carbocycles. The van der Waals surface area contributed by atoms with E-state index in [9.17, 15) is 13.2 Å². The third-order valence-electron chi connectivity index (χ3n) is 3.83. The number of hydrogen-bond acceptors (Lipinski definition) is 4. The monoisotopic (exact) mass is 375 g/mol. The first-order chi connectivity index (χ1) is 12.2.